The van der Waals surface area contributed by atoms with Gasteiger partial charge in [-0.3, -0.25) is 0 Å². The molecule has 1 fully saturated rings. The van der Waals surface area contributed by atoms with Gasteiger partial charge in [0.15, 0.2) is 5.03 Å². The first-order chi connectivity index (χ1) is 10.0. The summed E-state index contributed by atoms with van der Waals surface area (Å²) >= 11 is 0. The maximum absolute atomic E-state index is 12.2. The predicted molar refractivity (Wildman–Crippen MR) is 80.2 cm³/mol. The van der Waals surface area contributed by atoms with Gasteiger partial charge in [0, 0.05) is 18.8 Å². The highest BCUT2D eigenvalue weighted by Gasteiger charge is 2.21. The Labute approximate surface area is 126 Å². The van der Waals surface area contributed by atoms with Crippen molar-refractivity contribution in [2.24, 2.45) is 0 Å². The third-order valence-electron chi connectivity index (χ3n) is 3.59. The number of hydrogen-bond donors (Lipinski definition) is 2. The van der Waals surface area contributed by atoms with Crippen LogP contribution in [0.1, 0.15) is 31.7 Å². The van der Waals surface area contributed by atoms with Crippen molar-refractivity contribution in [2.75, 3.05) is 19.6 Å². The number of nitrogens with zero attached hydrogens (tertiary/aromatic N) is 2. The van der Waals surface area contributed by atoms with Gasteiger partial charge in [-0.15, -0.1) is 0 Å². The number of rotatable bonds is 6. The number of aromatic nitrogens is 1. The summed E-state index contributed by atoms with van der Waals surface area (Å²) in [6, 6.07) is 2.82. The average Bonchev–Trinajstić information content (AvgIpc) is 2.47. The molecule has 118 valence electrons. The van der Waals surface area contributed by atoms with Gasteiger partial charge < -0.3 is 10.0 Å². The minimum Gasteiger partial charge on any atom is -0.392 e. The van der Waals surface area contributed by atoms with E-state index in [4.69, 9.17) is 5.11 Å². The zero-order valence-corrected chi connectivity index (χ0v) is 13.1. The van der Waals surface area contributed by atoms with Gasteiger partial charge >= 0.3 is 0 Å². The molecule has 1 saturated heterocycles. The Hall–Kier alpha value is -1.02. The molecular weight excluding hydrogens is 290 g/mol. The molecule has 1 atom stereocenters. The molecule has 7 heteroatoms. The van der Waals surface area contributed by atoms with Crippen LogP contribution in [-0.2, 0) is 16.6 Å². The minimum atomic E-state index is -3.60. The molecule has 1 aliphatic rings. The van der Waals surface area contributed by atoms with Gasteiger partial charge in [-0.1, -0.05) is 12.5 Å². The van der Waals surface area contributed by atoms with E-state index in [-0.39, 0.29) is 17.7 Å². The van der Waals surface area contributed by atoms with Crippen LogP contribution in [0.15, 0.2) is 23.4 Å². The average molecular weight is 313 g/mol. The topological polar surface area (TPSA) is 82.5 Å². The van der Waals surface area contributed by atoms with E-state index in [2.05, 4.69) is 14.6 Å². The van der Waals surface area contributed by atoms with Gasteiger partial charge in [-0.2, -0.15) is 0 Å². The van der Waals surface area contributed by atoms with Crippen molar-refractivity contribution in [3.05, 3.63) is 23.9 Å². The number of nitrogens with one attached hydrogen (secondary N) is 1. The second kappa shape index (κ2) is 7.31. The van der Waals surface area contributed by atoms with Gasteiger partial charge in [0.1, 0.15) is 0 Å². The highest BCUT2D eigenvalue weighted by Crippen LogP contribution is 2.11. The normalized spacial score (nSPS) is 18.6. The number of piperidine rings is 1. The molecule has 0 spiro atoms. The molecule has 0 radical (unpaired) electrons. The molecule has 0 bridgehead atoms. The summed E-state index contributed by atoms with van der Waals surface area (Å²) < 4.78 is 27.1. The molecule has 2 heterocycles. The number of likely N-dealkylation sites (tertiary alicyclic amines) is 1. The molecule has 6 nitrogen and oxygen atoms in total. The van der Waals surface area contributed by atoms with Crippen LogP contribution in [-0.4, -0.2) is 49.1 Å². The van der Waals surface area contributed by atoms with Gasteiger partial charge in [-0.05, 0) is 44.5 Å². The lowest BCUT2D eigenvalue weighted by Gasteiger charge is -2.29. The quantitative estimate of drug-likeness (QED) is 0.809. The van der Waals surface area contributed by atoms with Crippen LogP contribution < -0.4 is 4.72 Å². The molecular formula is C14H23N3O3S. The number of pyridine rings is 1. The second-order valence-electron chi connectivity index (χ2n) is 5.55. The summed E-state index contributed by atoms with van der Waals surface area (Å²) in [5.41, 5.74) is 0.593. The molecule has 1 aromatic heterocycles. The van der Waals surface area contributed by atoms with Gasteiger partial charge in [0.25, 0.3) is 10.0 Å². The van der Waals surface area contributed by atoms with Crippen LogP contribution in [0.2, 0.25) is 0 Å². The molecule has 1 aliphatic heterocycles. The highest BCUT2D eigenvalue weighted by atomic mass is 32.2. The van der Waals surface area contributed by atoms with Gasteiger partial charge in [0.05, 0.1) is 6.61 Å². The maximum Gasteiger partial charge on any atom is 0.258 e. The Balaban J connectivity index is 1.95. The lowest BCUT2D eigenvalue weighted by atomic mass is 10.1. The monoisotopic (exact) mass is 313 g/mol. The first-order valence-electron chi connectivity index (χ1n) is 7.32. The van der Waals surface area contributed by atoms with E-state index in [1.54, 1.807) is 6.07 Å². The van der Waals surface area contributed by atoms with E-state index in [0.29, 0.717) is 12.1 Å². The first-order valence-corrected chi connectivity index (χ1v) is 8.80. The van der Waals surface area contributed by atoms with Crippen molar-refractivity contribution in [3.8, 4) is 0 Å². The standard InChI is InChI=1S/C14H23N3O3S/c1-12(10-17-7-3-2-4-8-17)16-21(19,20)14-6-5-13(11-18)9-15-14/h5-6,9,12,16,18H,2-4,7-8,10-11H2,1H3. The molecule has 0 aromatic carbocycles. The van der Waals surface area contributed by atoms with Crippen molar-refractivity contribution < 1.29 is 13.5 Å². The molecule has 0 aliphatic carbocycles. The smallest absolute Gasteiger partial charge is 0.258 e. The van der Waals surface area contributed by atoms with Gasteiger partial charge in [0.2, 0.25) is 0 Å². The minimum absolute atomic E-state index is 0.00908. The predicted octanol–water partition coefficient (Wildman–Crippen LogP) is 0.727. The molecule has 0 amide bonds. The Kier molecular flexibility index (Phi) is 5.69. The number of hydrogen-bond acceptors (Lipinski definition) is 5. The summed E-state index contributed by atoms with van der Waals surface area (Å²) in [4.78, 5) is 6.19. The Morgan fingerprint density at radius 3 is 2.62 bits per heavy atom. The van der Waals surface area contributed by atoms with E-state index in [1.807, 2.05) is 6.92 Å². The van der Waals surface area contributed by atoms with Crippen molar-refractivity contribution in [3.63, 3.8) is 0 Å². The van der Waals surface area contributed by atoms with E-state index in [1.165, 1.54) is 31.5 Å². The molecule has 1 aromatic rings. The lowest BCUT2D eigenvalue weighted by molar-refractivity contribution is 0.215. The molecule has 2 N–H and O–H groups in total. The van der Waals surface area contributed by atoms with Crippen molar-refractivity contribution >= 4 is 10.0 Å². The molecule has 1 unspecified atom stereocenters. The zero-order valence-electron chi connectivity index (χ0n) is 12.3. The first kappa shape index (κ1) is 16.4. The number of aliphatic hydroxyl groups is 1. The van der Waals surface area contributed by atoms with E-state index in [0.717, 1.165) is 13.1 Å². The van der Waals surface area contributed by atoms with Crippen molar-refractivity contribution in [1.82, 2.24) is 14.6 Å². The van der Waals surface area contributed by atoms with Crippen LogP contribution in [0.25, 0.3) is 0 Å². The Morgan fingerprint density at radius 1 is 1.33 bits per heavy atom. The summed E-state index contributed by atoms with van der Waals surface area (Å²) in [5.74, 6) is 0. The number of aliphatic hydroxyl groups excluding tert-OH is 1. The third kappa shape index (κ3) is 4.74. The Morgan fingerprint density at radius 2 is 2.05 bits per heavy atom. The zero-order chi connectivity index (χ0) is 15.3. The van der Waals surface area contributed by atoms with E-state index in [9.17, 15) is 8.42 Å². The van der Waals surface area contributed by atoms with Crippen LogP contribution in [0.3, 0.4) is 0 Å². The number of sulfonamides is 1. The summed E-state index contributed by atoms with van der Waals surface area (Å²) in [5, 5.41) is 8.94. The van der Waals surface area contributed by atoms with Crippen LogP contribution in [0.4, 0.5) is 0 Å². The molecule has 0 saturated carbocycles. The van der Waals surface area contributed by atoms with Crippen LogP contribution >= 0.6 is 0 Å². The summed E-state index contributed by atoms with van der Waals surface area (Å²) in [6.45, 7) is 4.51. The van der Waals surface area contributed by atoms with E-state index >= 15 is 0 Å². The summed E-state index contributed by atoms with van der Waals surface area (Å²) in [6.07, 6.45) is 5.01. The molecule has 21 heavy (non-hydrogen) atoms. The summed E-state index contributed by atoms with van der Waals surface area (Å²) in [7, 11) is -3.60. The second-order valence-corrected chi connectivity index (χ2v) is 7.21. The fourth-order valence-electron chi connectivity index (χ4n) is 2.56. The largest absolute Gasteiger partial charge is 0.392 e. The SMILES string of the molecule is CC(CN1CCCCC1)NS(=O)(=O)c1ccc(CO)cn1. The van der Waals surface area contributed by atoms with Crippen molar-refractivity contribution in [2.45, 2.75) is 43.9 Å². The van der Waals surface area contributed by atoms with Crippen LogP contribution in [0, 0.1) is 0 Å². The third-order valence-corrected chi connectivity index (χ3v) is 5.10. The van der Waals surface area contributed by atoms with E-state index < -0.39 is 10.0 Å². The van der Waals surface area contributed by atoms with Crippen molar-refractivity contribution in [1.29, 1.82) is 0 Å². The molecule has 2 rings (SSSR count). The fraction of sp³-hybridized carbons (Fsp3) is 0.643. The van der Waals surface area contributed by atoms with Crippen LogP contribution in [0.5, 0.6) is 0 Å². The lowest BCUT2D eigenvalue weighted by Crippen LogP contribution is -2.43. The Bertz CT molecular complexity index is 539. The highest BCUT2D eigenvalue weighted by molar-refractivity contribution is 7.89. The maximum atomic E-state index is 12.2. The fourth-order valence-corrected chi connectivity index (χ4v) is 3.72. The van der Waals surface area contributed by atoms with Gasteiger partial charge in [-0.25, -0.2) is 18.1 Å².